The Hall–Kier alpha value is -2.34. The Balaban J connectivity index is 2.13. The molecule has 1 aromatic carbocycles. The summed E-state index contributed by atoms with van der Waals surface area (Å²) in [6.07, 6.45) is 1.56. The third-order valence-electron chi connectivity index (χ3n) is 2.40. The number of aromatic nitrogens is 1. The zero-order valence-electron chi connectivity index (χ0n) is 10.6. The molecule has 0 atom stereocenters. The molecule has 3 N–H and O–H groups in total. The number of hydrogen-bond acceptors (Lipinski definition) is 4. The highest BCUT2D eigenvalue weighted by Gasteiger charge is 2.10. The van der Waals surface area contributed by atoms with Crippen molar-refractivity contribution in [1.29, 1.82) is 0 Å². The van der Waals surface area contributed by atoms with Gasteiger partial charge in [-0.2, -0.15) is 0 Å². The van der Waals surface area contributed by atoms with Crippen molar-refractivity contribution in [2.75, 3.05) is 11.1 Å². The van der Waals surface area contributed by atoms with Gasteiger partial charge in [-0.1, -0.05) is 18.2 Å². The summed E-state index contributed by atoms with van der Waals surface area (Å²) < 4.78 is 0. The van der Waals surface area contributed by atoms with Crippen molar-refractivity contribution in [3.05, 3.63) is 54.4 Å². The van der Waals surface area contributed by atoms with Crippen molar-refractivity contribution in [2.24, 2.45) is 5.73 Å². The predicted molar refractivity (Wildman–Crippen MR) is 78.6 cm³/mol. The van der Waals surface area contributed by atoms with E-state index in [-0.39, 0.29) is 11.7 Å². The summed E-state index contributed by atoms with van der Waals surface area (Å²) >= 11 is 1.28. The van der Waals surface area contributed by atoms with Crippen LogP contribution < -0.4 is 11.1 Å². The van der Waals surface area contributed by atoms with Crippen LogP contribution in [-0.4, -0.2) is 22.6 Å². The van der Waals surface area contributed by atoms with Crippen LogP contribution in [0.25, 0.3) is 0 Å². The first kappa shape index (κ1) is 14.1. The molecule has 2 amide bonds. The molecule has 6 heteroatoms. The number of benzene rings is 1. The maximum Gasteiger partial charge on any atom is 0.274 e. The number of nitrogens with zero attached hydrogens (tertiary/aromatic N) is 1. The molecule has 0 aliphatic carbocycles. The molecule has 1 aromatic heterocycles. The molecule has 1 heterocycles. The van der Waals surface area contributed by atoms with Crippen molar-refractivity contribution >= 4 is 29.3 Å². The van der Waals surface area contributed by atoms with E-state index in [0.29, 0.717) is 11.4 Å². The summed E-state index contributed by atoms with van der Waals surface area (Å²) in [6.45, 7) is 0. The standard InChI is InChI=1S/C14H13N3O2S/c15-13(18)9-20-12-7-2-1-5-10(12)17-14(19)11-6-3-4-8-16-11/h1-8H,9H2,(H2,15,18)(H,17,19). The van der Waals surface area contributed by atoms with Gasteiger partial charge in [0, 0.05) is 11.1 Å². The van der Waals surface area contributed by atoms with Gasteiger partial charge in [0.05, 0.1) is 11.4 Å². The van der Waals surface area contributed by atoms with Gasteiger partial charge in [-0.15, -0.1) is 11.8 Å². The van der Waals surface area contributed by atoms with Crippen LogP contribution in [0.3, 0.4) is 0 Å². The van der Waals surface area contributed by atoms with Crippen LogP contribution in [0.2, 0.25) is 0 Å². The van der Waals surface area contributed by atoms with E-state index in [2.05, 4.69) is 10.3 Å². The summed E-state index contributed by atoms with van der Waals surface area (Å²) in [7, 11) is 0. The molecule has 0 unspecified atom stereocenters. The number of para-hydroxylation sites is 1. The lowest BCUT2D eigenvalue weighted by atomic mass is 10.3. The van der Waals surface area contributed by atoms with Crippen molar-refractivity contribution in [3.8, 4) is 0 Å². The van der Waals surface area contributed by atoms with Gasteiger partial charge in [0.25, 0.3) is 5.91 Å². The average molecular weight is 287 g/mol. The summed E-state index contributed by atoms with van der Waals surface area (Å²) in [5, 5.41) is 2.78. The second-order valence-electron chi connectivity index (χ2n) is 3.92. The van der Waals surface area contributed by atoms with Crippen molar-refractivity contribution in [2.45, 2.75) is 4.90 Å². The number of hydrogen-bond donors (Lipinski definition) is 2. The van der Waals surface area contributed by atoms with Gasteiger partial charge >= 0.3 is 0 Å². The number of anilines is 1. The molecule has 0 saturated heterocycles. The largest absolute Gasteiger partial charge is 0.369 e. The monoisotopic (exact) mass is 287 g/mol. The SMILES string of the molecule is NC(=O)CSc1ccccc1NC(=O)c1ccccn1. The van der Waals surface area contributed by atoms with Gasteiger partial charge in [0.15, 0.2) is 0 Å². The van der Waals surface area contributed by atoms with Gasteiger partial charge in [-0.3, -0.25) is 14.6 Å². The molecule has 0 saturated carbocycles. The third-order valence-corrected chi connectivity index (χ3v) is 3.50. The number of rotatable bonds is 5. The van der Waals surface area contributed by atoms with Gasteiger partial charge in [0.1, 0.15) is 5.69 Å². The van der Waals surface area contributed by atoms with E-state index in [1.807, 2.05) is 18.2 Å². The Morgan fingerprint density at radius 3 is 2.60 bits per heavy atom. The minimum absolute atomic E-state index is 0.163. The van der Waals surface area contributed by atoms with Crippen LogP contribution in [0.15, 0.2) is 53.6 Å². The molecule has 0 aliphatic heterocycles. The number of thioether (sulfide) groups is 1. The molecule has 2 aromatic rings. The molecule has 0 spiro atoms. The fourth-order valence-electron chi connectivity index (χ4n) is 1.53. The van der Waals surface area contributed by atoms with E-state index in [0.717, 1.165) is 4.90 Å². The van der Waals surface area contributed by atoms with E-state index < -0.39 is 5.91 Å². The molecular formula is C14H13N3O2S. The number of nitrogens with one attached hydrogen (secondary N) is 1. The second-order valence-corrected chi connectivity index (χ2v) is 4.94. The smallest absolute Gasteiger partial charge is 0.274 e. The molecule has 0 aliphatic rings. The maximum atomic E-state index is 12.0. The average Bonchev–Trinajstić information content (AvgIpc) is 2.47. The lowest BCUT2D eigenvalue weighted by molar-refractivity contribution is -0.115. The molecule has 102 valence electrons. The van der Waals surface area contributed by atoms with Crippen LogP contribution in [0.4, 0.5) is 5.69 Å². The molecule has 0 radical (unpaired) electrons. The zero-order chi connectivity index (χ0) is 14.4. The zero-order valence-corrected chi connectivity index (χ0v) is 11.4. The van der Waals surface area contributed by atoms with Crippen LogP contribution in [0.5, 0.6) is 0 Å². The molecule has 0 bridgehead atoms. The highest BCUT2D eigenvalue weighted by atomic mass is 32.2. The van der Waals surface area contributed by atoms with Crippen LogP contribution in [-0.2, 0) is 4.79 Å². The Morgan fingerprint density at radius 2 is 1.90 bits per heavy atom. The topological polar surface area (TPSA) is 85.1 Å². The minimum atomic E-state index is -0.402. The lowest BCUT2D eigenvalue weighted by Crippen LogP contribution is -2.15. The summed E-state index contributed by atoms with van der Waals surface area (Å²) in [6, 6.07) is 12.4. The molecule has 5 nitrogen and oxygen atoms in total. The molecule has 20 heavy (non-hydrogen) atoms. The highest BCUT2D eigenvalue weighted by Crippen LogP contribution is 2.26. The first-order chi connectivity index (χ1) is 9.66. The quantitative estimate of drug-likeness (QED) is 0.823. The minimum Gasteiger partial charge on any atom is -0.369 e. The number of nitrogens with two attached hydrogens (primary N) is 1. The molecule has 0 fully saturated rings. The Labute approximate surface area is 120 Å². The number of primary amides is 1. The molecule has 2 rings (SSSR count). The third kappa shape index (κ3) is 3.83. The van der Waals surface area contributed by atoms with Crippen LogP contribution >= 0.6 is 11.8 Å². The van der Waals surface area contributed by atoms with Gasteiger partial charge in [-0.25, -0.2) is 0 Å². The van der Waals surface area contributed by atoms with Crippen molar-refractivity contribution in [1.82, 2.24) is 4.98 Å². The summed E-state index contributed by atoms with van der Waals surface area (Å²) in [5.41, 5.74) is 6.09. The Bertz CT molecular complexity index is 617. The number of pyridine rings is 1. The summed E-state index contributed by atoms with van der Waals surface area (Å²) in [4.78, 5) is 27.6. The van der Waals surface area contributed by atoms with E-state index in [9.17, 15) is 9.59 Å². The lowest BCUT2D eigenvalue weighted by Gasteiger charge is -2.09. The normalized spacial score (nSPS) is 10.0. The fourth-order valence-corrected chi connectivity index (χ4v) is 2.28. The van der Waals surface area contributed by atoms with E-state index >= 15 is 0 Å². The first-order valence-corrected chi connectivity index (χ1v) is 6.88. The Morgan fingerprint density at radius 1 is 1.15 bits per heavy atom. The molecular weight excluding hydrogens is 274 g/mol. The summed E-state index contributed by atoms with van der Waals surface area (Å²) in [5.74, 6) is -0.533. The van der Waals surface area contributed by atoms with E-state index in [1.54, 1.807) is 30.5 Å². The Kier molecular flexibility index (Phi) is 4.73. The van der Waals surface area contributed by atoms with Crippen molar-refractivity contribution in [3.63, 3.8) is 0 Å². The van der Waals surface area contributed by atoms with Crippen molar-refractivity contribution < 1.29 is 9.59 Å². The van der Waals surface area contributed by atoms with Crippen LogP contribution in [0.1, 0.15) is 10.5 Å². The number of carbonyl (C=O) groups excluding carboxylic acids is 2. The fraction of sp³-hybridized carbons (Fsp3) is 0.0714. The maximum absolute atomic E-state index is 12.0. The van der Waals surface area contributed by atoms with E-state index in [1.165, 1.54) is 11.8 Å². The second kappa shape index (κ2) is 6.72. The first-order valence-electron chi connectivity index (χ1n) is 5.89. The predicted octanol–water partition coefficient (Wildman–Crippen LogP) is 1.91. The van der Waals surface area contributed by atoms with E-state index in [4.69, 9.17) is 5.73 Å². The van der Waals surface area contributed by atoms with Gasteiger partial charge in [-0.05, 0) is 24.3 Å². The van der Waals surface area contributed by atoms with Crippen LogP contribution in [0, 0.1) is 0 Å². The number of carbonyl (C=O) groups is 2. The van der Waals surface area contributed by atoms with Gasteiger partial charge < -0.3 is 11.1 Å². The highest BCUT2D eigenvalue weighted by molar-refractivity contribution is 8.00. The number of amides is 2. The van der Waals surface area contributed by atoms with Gasteiger partial charge in [0.2, 0.25) is 5.91 Å².